The molecular weight excluding hydrogens is 258 g/mol. The van der Waals surface area contributed by atoms with Gasteiger partial charge in [0.2, 0.25) is 0 Å². The summed E-state index contributed by atoms with van der Waals surface area (Å²) in [5, 5.41) is 3.82. The van der Waals surface area contributed by atoms with E-state index in [2.05, 4.69) is 35.1 Å². The molecule has 0 aliphatic carbocycles. The third kappa shape index (κ3) is 3.18. The molecule has 1 N–H and O–H groups in total. The summed E-state index contributed by atoms with van der Waals surface area (Å²) in [6.45, 7) is 6.78. The Morgan fingerprint density at radius 1 is 1.60 bits per heavy atom. The van der Waals surface area contributed by atoms with Crippen molar-refractivity contribution in [2.75, 3.05) is 11.9 Å². The number of carbonyl (C=O) groups is 1. The average Bonchev–Trinajstić information content (AvgIpc) is 2.61. The SMILES string of the molecule is CC(C)C(CBr)NC(=O)C1(C)CCCO1. The van der Waals surface area contributed by atoms with Crippen LogP contribution in [0.25, 0.3) is 0 Å². The number of ether oxygens (including phenoxy) is 1. The number of nitrogens with one attached hydrogen (secondary N) is 1. The van der Waals surface area contributed by atoms with Crippen molar-refractivity contribution in [1.29, 1.82) is 0 Å². The van der Waals surface area contributed by atoms with Crippen molar-refractivity contribution in [3.63, 3.8) is 0 Å². The summed E-state index contributed by atoms with van der Waals surface area (Å²) in [6, 6.07) is 0.179. The first-order valence-corrected chi connectivity index (χ1v) is 6.62. The predicted octanol–water partition coefficient (Wildman–Crippen LogP) is 2.09. The lowest BCUT2D eigenvalue weighted by molar-refractivity contribution is -0.140. The molecule has 0 saturated carbocycles. The van der Waals surface area contributed by atoms with Gasteiger partial charge in [-0.15, -0.1) is 0 Å². The standard InChI is InChI=1S/C11H20BrNO2/c1-8(2)9(7-12)13-10(14)11(3)5-4-6-15-11/h8-9H,4-7H2,1-3H3,(H,13,14). The molecule has 0 aromatic heterocycles. The summed E-state index contributed by atoms with van der Waals surface area (Å²) in [5.74, 6) is 0.455. The molecule has 3 nitrogen and oxygen atoms in total. The molecule has 1 rings (SSSR count). The molecule has 2 unspecified atom stereocenters. The molecule has 0 aromatic carbocycles. The second-order valence-corrected chi connectivity index (χ2v) is 5.31. The van der Waals surface area contributed by atoms with Crippen LogP contribution in [-0.4, -0.2) is 29.5 Å². The normalized spacial score (nSPS) is 28.1. The average molecular weight is 278 g/mol. The highest BCUT2D eigenvalue weighted by molar-refractivity contribution is 9.09. The van der Waals surface area contributed by atoms with E-state index >= 15 is 0 Å². The molecule has 0 aromatic rings. The van der Waals surface area contributed by atoms with Crippen LogP contribution in [0.5, 0.6) is 0 Å². The van der Waals surface area contributed by atoms with Gasteiger partial charge in [-0.1, -0.05) is 29.8 Å². The quantitative estimate of drug-likeness (QED) is 0.800. The first-order valence-electron chi connectivity index (χ1n) is 5.50. The molecule has 1 aliphatic rings. The maximum Gasteiger partial charge on any atom is 0.252 e. The monoisotopic (exact) mass is 277 g/mol. The van der Waals surface area contributed by atoms with Gasteiger partial charge in [-0.25, -0.2) is 0 Å². The predicted molar refractivity (Wildman–Crippen MR) is 64.2 cm³/mol. The number of carbonyl (C=O) groups excluding carboxylic acids is 1. The van der Waals surface area contributed by atoms with Gasteiger partial charge >= 0.3 is 0 Å². The van der Waals surface area contributed by atoms with Crippen LogP contribution in [0.4, 0.5) is 0 Å². The van der Waals surface area contributed by atoms with Crippen LogP contribution in [0, 0.1) is 5.92 Å². The summed E-state index contributed by atoms with van der Waals surface area (Å²) in [5.41, 5.74) is -0.602. The smallest absolute Gasteiger partial charge is 0.252 e. The first-order chi connectivity index (χ1) is 6.99. The lowest BCUT2D eigenvalue weighted by atomic mass is 9.99. The Morgan fingerprint density at radius 2 is 2.27 bits per heavy atom. The van der Waals surface area contributed by atoms with Crippen LogP contribution in [0.3, 0.4) is 0 Å². The van der Waals surface area contributed by atoms with E-state index in [1.807, 2.05) is 6.92 Å². The van der Waals surface area contributed by atoms with Crippen molar-refractivity contribution in [2.45, 2.75) is 45.3 Å². The molecule has 1 heterocycles. The lowest BCUT2D eigenvalue weighted by Crippen LogP contribution is -2.50. The first kappa shape index (κ1) is 13.0. The number of amides is 1. The van der Waals surface area contributed by atoms with Crippen molar-refractivity contribution in [3.05, 3.63) is 0 Å². The molecule has 0 bridgehead atoms. The number of hydrogen-bond acceptors (Lipinski definition) is 2. The van der Waals surface area contributed by atoms with Crippen molar-refractivity contribution in [1.82, 2.24) is 5.32 Å². The van der Waals surface area contributed by atoms with E-state index in [4.69, 9.17) is 4.74 Å². The molecule has 0 radical (unpaired) electrons. The van der Waals surface area contributed by atoms with E-state index < -0.39 is 5.60 Å². The van der Waals surface area contributed by atoms with Crippen LogP contribution in [0.15, 0.2) is 0 Å². The van der Waals surface area contributed by atoms with Gasteiger partial charge in [0, 0.05) is 18.0 Å². The Bertz CT molecular complexity index is 225. The Hall–Kier alpha value is -0.0900. The van der Waals surface area contributed by atoms with Gasteiger partial charge in [-0.2, -0.15) is 0 Å². The Kier molecular flexibility index (Phi) is 4.59. The molecule has 1 saturated heterocycles. The van der Waals surface area contributed by atoms with Crippen molar-refractivity contribution in [2.24, 2.45) is 5.92 Å². The molecule has 15 heavy (non-hydrogen) atoms. The summed E-state index contributed by atoms with van der Waals surface area (Å²) < 4.78 is 5.50. The second-order valence-electron chi connectivity index (χ2n) is 4.66. The molecule has 1 aliphatic heterocycles. The molecule has 1 amide bonds. The van der Waals surface area contributed by atoms with Crippen LogP contribution < -0.4 is 5.32 Å². The largest absolute Gasteiger partial charge is 0.365 e. The van der Waals surface area contributed by atoms with Gasteiger partial charge in [0.25, 0.3) is 5.91 Å². The molecular formula is C11H20BrNO2. The maximum absolute atomic E-state index is 12.0. The van der Waals surface area contributed by atoms with Gasteiger partial charge in [0.1, 0.15) is 5.60 Å². The number of halogens is 1. The van der Waals surface area contributed by atoms with E-state index in [1.165, 1.54) is 0 Å². The summed E-state index contributed by atoms with van der Waals surface area (Å²) in [4.78, 5) is 12.0. The van der Waals surface area contributed by atoms with Gasteiger partial charge in [-0.3, -0.25) is 4.79 Å². The van der Waals surface area contributed by atoms with Gasteiger partial charge < -0.3 is 10.1 Å². The minimum Gasteiger partial charge on any atom is -0.365 e. The molecule has 2 atom stereocenters. The summed E-state index contributed by atoms with van der Waals surface area (Å²) in [6.07, 6.45) is 1.80. The highest BCUT2D eigenvalue weighted by Crippen LogP contribution is 2.25. The van der Waals surface area contributed by atoms with E-state index in [1.54, 1.807) is 0 Å². The van der Waals surface area contributed by atoms with Gasteiger partial charge in [0.05, 0.1) is 0 Å². The molecule has 1 fully saturated rings. The zero-order chi connectivity index (χ0) is 11.5. The fraction of sp³-hybridized carbons (Fsp3) is 0.909. The van der Waals surface area contributed by atoms with Gasteiger partial charge in [0.15, 0.2) is 0 Å². The fourth-order valence-corrected chi connectivity index (χ4v) is 2.57. The Labute approximate surface area is 100 Å². The summed E-state index contributed by atoms with van der Waals surface area (Å²) >= 11 is 3.42. The van der Waals surface area contributed by atoms with Crippen molar-refractivity contribution >= 4 is 21.8 Å². The molecule has 0 spiro atoms. The second kappa shape index (κ2) is 5.30. The van der Waals surface area contributed by atoms with E-state index in [0.29, 0.717) is 12.5 Å². The topological polar surface area (TPSA) is 38.3 Å². The van der Waals surface area contributed by atoms with Crippen LogP contribution in [-0.2, 0) is 9.53 Å². The highest BCUT2D eigenvalue weighted by atomic mass is 79.9. The number of alkyl halides is 1. The maximum atomic E-state index is 12.0. The highest BCUT2D eigenvalue weighted by Gasteiger charge is 2.38. The Morgan fingerprint density at radius 3 is 2.67 bits per heavy atom. The number of rotatable bonds is 4. The van der Waals surface area contributed by atoms with Crippen LogP contribution in [0.1, 0.15) is 33.6 Å². The van der Waals surface area contributed by atoms with Crippen molar-refractivity contribution < 1.29 is 9.53 Å². The fourth-order valence-electron chi connectivity index (χ4n) is 1.66. The lowest BCUT2D eigenvalue weighted by Gasteiger charge is -2.27. The van der Waals surface area contributed by atoms with E-state index in [9.17, 15) is 4.79 Å². The molecule has 4 heteroatoms. The van der Waals surface area contributed by atoms with Gasteiger partial charge in [-0.05, 0) is 25.7 Å². The van der Waals surface area contributed by atoms with E-state index in [0.717, 1.165) is 18.2 Å². The minimum atomic E-state index is -0.602. The minimum absolute atomic E-state index is 0.0261. The zero-order valence-corrected chi connectivity index (χ0v) is 11.3. The number of hydrogen-bond donors (Lipinski definition) is 1. The third-order valence-electron chi connectivity index (χ3n) is 2.99. The van der Waals surface area contributed by atoms with Crippen LogP contribution >= 0.6 is 15.9 Å². The summed E-state index contributed by atoms with van der Waals surface area (Å²) in [7, 11) is 0. The zero-order valence-electron chi connectivity index (χ0n) is 9.68. The van der Waals surface area contributed by atoms with Crippen molar-refractivity contribution in [3.8, 4) is 0 Å². The Balaban J connectivity index is 2.53. The molecule has 88 valence electrons. The van der Waals surface area contributed by atoms with E-state index in [-0.39, 0.29) is 11.9 Å². The van der Waals surface area contributed by atoms with Crippen LogP contribution in [0.2, 0.25) is 0 Å². The third-order valence-corrected chi connectivity index (χ3v) is 3.68.